The number of ether oxygens (including phenoxy) is 1. The molecule has 0 bridgehead atoms. The van der Waals surface area contributed by atoms with Crippen LogP contribution in [0.15, 0.2) is 18.3 Å². The molecule has 0 aliphatic heterocycles. The van der Waals surface area contributed by atoms with Crippen molar-refractivity contribution in [2.45, 2.75) is 20.3 Å². The van der Waals surface area contributed by atoms with Gasteiger partial charge in [-0.1, -0.05) is 13.8 Å². The van der Waals surface area contributed by atoms with E-state index in [1.807, 2.05) is 19.9 Å². The number of rotatable bonds is 5. The SMILES string of the molecule is CC.CNc1cc(OCCCO)ccn1. The Morgan fingerprint density at radius 1 is 1.47 bits per heavy atom. The first-order valence-corrected chi connectivity index (χ1v) is 5.24. The van der Waals surface area contributed by atoms with Crippen molar-refractivity contribution < 1.29 is 9.84 Å². The van der Waals surface area contributed by atoms with Gasteiger partial charge in [-0.25, -0.2) is 4.98 Å². The maximum absolute atomic E-state index is 8.54. The largest absolute Gasteiger partial charge is 0.493 e. The molecule has 0 unspecified atom stereocenters. The number of anilines is 1. The molecule has 15 heavy (non-hydrogen) atoms. The van der Waals surface area contributed by atoms with E-state index in [-0.39, 0.29) is 6.61 Å². The molecule has 0 aliphatic rings. The summed E-state index contributed by atoms with van der Waals surface area (Å²) in [7, 11) is 1.81. The number of pyridine rings is 1. The zero-order valence-corrected chi connectivity index (χ0v) is 9.66. The Morgan fingerprint density at radius 3 is 2.80 bits per heavy atom. The second-order valence-electron chi connectivity index (χ2n) is 2.55. The zero-order valence-electron chi connectivity index (χ0n) is 9.66. The molecule has 0 fully saturated rings. The molecule has 4 nitrogen and oxygen atoms in total. The number of hydrogen-bond acceptors (Lipinski definition) is 4. The van der Waals surface area contributed by atoms with Gasteiger partial charge in [-0.3, -0.25) is 0 Å². The van der Waals surface area contributed by atoms with Crippen molar-refractivity contribution in [1.29, 1.82) is 0 Å². The van der Waals surface area contributed by atoms with Crippen LogP contribution in [0.3, 0.4) is 0 Å². The van der Waals surface area contributed by atoms with E-state index in [0.717, 1.165) is 11.6 Å². The van der Waals surface area contributed by atoms with Gasteiger partial charge in [-0.15, -0.1) is 0 Å². The van der Waals surface area contributed by atoms with Gasteiger partial charge >= 0.3 is 0 Å². The molecule has 1 rings (SSSR count). The van der Waals surface area contributed by atoms with Gasteiger partial charge in [0, 0.05) is 32.3 Å². The average molecular weight is 212 g/mol. The first kappa shape index (κ1) is 13.7. The van der Waals surface area contributed by atoms with Gasteiger partial charge in [-0.2, -0.15) is 0 Å². The van der Waals surface area contributed by atoms with Crippen LogP contribution in [0.4, 0.5) is 5.82 Å². The van der Waals surface area contributed by atoms with Crippen LogP contribution in [0.1, 0.15) is 20.3 Å². The maximum Gasteiger partial charge on any atom is 0.129 e. The fourth-order valence-electron chi connectivity index (χ4n) is 0.892. The van der Waals surface area contributed by atoms with Crippen molar-refractivity contribution >= 4 is 5.82 Å². The fraction of sp³-hybridized carbons (Fsp3) is 0.545. The quantitative estimate of drug-likeness (QED) is 0.732. The standard InChI is InChI=1S/C9H14N2O2.C2H6/c1-10-9-7-8(3-4-11-9)13-6-2-5-12;1-2/h3-4,7,12H,2,5-6H2,1H3,(H,10,11);1-2H3. The summed E-state index contributed by atoms with van der Waals surface area (Å²) in [4.78, 5) is 4.05. The van der Waals surface area contributed by atoms with Crippen molar-refractivity contribution in [2.75, 3.05) is 25.6 Å². The van der Waals surface area contributed by atoms with E-state index < -0.39 is 0 Å². The van der Waals surface area contributed by atoms with E-state index in [0.29, 0.717) is 13.0 Å². The summed E-state index contributed by atoms with van der Waals surface area (Å²) in [5.41, 5.74) is 0. The Labute approximate surface area is 91.3 Å². The molecular formula is C11H20N2O2. The topological polar surface area (TPSA) is 54.4 Å². The average Bonchev–Trinajstić information content (AvgIpc) is 2.32. The van der Waals surface area contributed by atoms with Crippen LogP contribution >= 0.6 is 0 Å². The number of nitrogens with zero attached hydrogens (tertiary/aromatic N) is 1. The Kier molecular flexibility index (Phi) is 8.47. The fourth-order valence-corrected chi connectivity index (χ4v) is 0.892. The van der Waals surface area contributed by atoms with E-state index in [1.54, 1.807) is 19.3 Å². The lowest BCUT2D eigenvalue weighted by Gasteiger charge is -2.05. The smallest absolute Gasteiger partial charge is 0.129 e. The third-order valence-electron chi connectivity index (χ3n) is 1.56. The summed E-state index contributed by atoms with van der Waals surface area (Å²) >= 11 is 0. The Balaban J connectivity index is 0.000000921. The number of aliphatic hydroxyl groups is 1. The second kappa shape index (κ2) is 9.27. The van der Waals surface area contributed by atoms with Crippen LogP contribution in [0.2, 0.25) is 0 Å². The molecule has 0 atom stereocenters. The highest BCUT2D eigenvalue weighted by Gasteiger charge is 1.95. The highest BCUT2D eigenvalue weighted by Crippen LogP contribution is 2.13. The van der Waals surface area contributed by atoms with Crippen LogP contribution in [-0.2, 0) is 0 Å². The number of nitrogens with one attached hydrogen (secondary N) is 1. The van der Waals surface area contributed by atoms with Gasteiger partial charge in [0.25, 0.3) is 0 Å². The summed E-state index contributed by atoms with van der Waals surface area (Å²) in [6.07, 6.45) is 2.33. The third kappa shape index (κ3) is 5.91. The monoisotopic (exact) mass is 212 g/mol. The molecule has 0 aliphatic carbocycles. The molecule has 1 aromatic heterocycles. The van der Waals surface area contributed by atoms with Gasteiger partial charge in [-0.05, 0) is 6.07 Å². The second-order valence-corrected chi connectivity index (χ2v) is 2.55. The van der Waals surface area contributed by atoms with Crippen LogP contribution < -0.4 is 10.1 Å². The van der Waals surface area contributed by atoms with Crippen molar-refractivity contribution in [3.05, 3.63) is 18.3 Å². The van der Waals surface area contributed by atoms with Gasteiger partial charge < -0.3 is 15.2 Å². The first-order valence-electron chi connectivity index (χ1n) is 5.24. The minimum absolute atomic E-state index is 0.157. The minimum atomic E-state index is 0.157. The predicted octanol–water partition coefficient (Wildman–Crippen LogP) is 1.91. The summed E-state index contributed by atoms with van der Waals surface area (Å²) in [5, 5.41) is 11.5. The van der Waals surface area contributed by atoms with Crippen LogP contribution in [0, 0.1) is 0 Å². The van der Waals surface area contributed by atoms with E-state index in [2.05, 4.69) is 10.3 Å². The summed E-state index contributed by atoms with van der Waals surface area (Å²) < 4.78 is 5.35. The highest BCUT2D eigenvalue weighted by molar-refractivity contribution is 5.39. The maximum atomic E-state index is 8.54. The molecule has 0 aromatic carbocycles. The van der Waals surface area contributed by atoms with E-state index in [1.165, 1.54) is 0 Å². The van der Waals surface area contributed by atoms with Crippen molar-refractivity contribution in [3.63, 3.8) is 0 Å². The summed E-state index contributed by atoms with van der Waals surface area (Å²) in [6, 6.07) is 3.61. The lowest BCUT2D eigenvalue weighted by molar-refractivity contribution is 0.233. The van der Waals surface area contributed by atoms with Crippen molar-refractivity contribution in [3.8, 4) is 5.75 Å². The minimum Gasteiger partial charge on any atom is -0.493 e. The Morgan fingerprint density at radius 2 is 2.20 bits per heavy atom. The molecule has 0 spiro atoms. The Hall–Kier alpha value is -1.29. The van der Waals surface area contributed by atoms with Crippen molar-refractivity contribution in [2.24, 2.45) is 0 Å². The molecule has 1 aromatic rings. The van der Waals surface area contributed by atoms with Gasteiger partial charge in [0.15, 0.2) is 0 Å². The number of hydrogen-bond donors (Lipinski definition) is 2. The Bertz CT molecular complexity index is 254. The third-order valence-corrected chi connectivity index (χ3v) is 1.56. The molecule has 2 N–H and O–H groups in total. The highest BCUT2D eigenvalue weighted by atomic mass is 16.5. The first-order chi connectivity index (χ1) is 7.36. The van der Waals surface area contributed by atoms with Crippen LogP contribution in [0.25, 0.3) is 0 Å². The molecule has 0 radical (unpaired) electrons. The van der Waals surface area contributed by atoms with Gasteiger partial charge in [0.2, 0.25) is 0 Å². The molecule has 0 saturated heterocycles. The molecule has 4 heteroatoms. The summed E-state index contributed by atoms with van der Waals surface area (Å²) in [5.74, 6) is 1.55. The molecule has 0 amide bonds. The predicted molar refractivity (Wildman–Crippen MR) is 62.3 cm³/mol. The van der Waals surface area contributed by atoms with Crippen LogP contribution in [-0.4, -0.2) is 30.4 Å². The molecular weight excluding hydrogens is 192 g/mol. The molecule has 1 heterocycles. The number of aromatic nitrogens is 1. The zero-order chi connectivity index (χ0) is 11.5. The normalized spacial score (nSPS) is 8.80. The van der Waals surface area contributed by atoms with E-state index >= 15 is 0 Å². The summed E-state index contributed by atoms with van der Waals surface area (Å²) in [6.45, 7) is 4.69. The molecule has 86 valence electrons. The van der Waals surface area contributed by atoms with Gasteiger partial charge in [0.05, 0.1) is 6.61 Å². The lowest BCUT2D eigenvalue weighted by atomic mass is 10.4. The van der Waals surface area contributed by atoms with Crippen molar-refractivity contribution in [1.82, 2.24) is 4.98 Å². The van der Waals surface area contributed by atoms with Crippen LogP contribution in [0.5, 0.6) is 5.75 Å². The van der Waals surface area contributed by atoms with Gasteiger partial charge in [0.1, 0.15) is 11.6 Å². The van der Waals surface area contributed by atoms with E-state index in [4.69, 9.17) is 9.84 Å². The number of aliphatic hydroxyl groups excluding tert-OH is 1. The lowest BCUT2D eigenvalue weighted by Crippen LogP contribution is -2.00. The van der Waals surface area contributed by atoms with E-state index in [9.17, 15) is 0 Å². The molecule has 0 saturated carbocycles.